The Balaban J connectivity index is 1.92. The summed E-state index contributed by atoms with van der Waals surface area (Å²) in [6.45, 7) is 4.41. The molecule has 0 aliphatic carbocycles. The van der Waals surface area contributed by atoms with Crippen molar-refractivity contribution in [1.82, 2.24) is 4.31 Å². The number of nitrogens with zero attached hydrogens (tertiary/aromatic N) is 1. The van der Waals surface area contributed by atoms with Gasteiger partial charge < -0.3 is 9.47 Å². The molecule has 0 bridgehead atoms. The number of ether oxygens (including phenoxy) is 2. The minimum atomic E-state index is -3.61. The molecule has 0 aromatic heterocycles. The van der Waals surface area contributed by atoms with Crippen LogP contribution in [-0.4, -0.2) is 45.5 Å². The van der Waals surface area contributed by atoms with Gasteiger partial charge in [0.1, 0.15) is 5.75 Å². The number of sulfonamides is 1. The molecule has 0 atom stereocenters. The summed E-state index contributed by atoms with van der Waals surface area (Å²) in [5.74, 6) is 0.271. The van der Waals surface area contributed by atoms with Crippen LogP contribution in [0.4, 0.5) is 0 Å². The van der Waals surface area contributed by atoms with E-state index in [1.54, 1.807) is 38.3 Å². The molecule has 1 heterocycles. The summed E-state index contributed by atoms with van der Waals surface area (Å²) in [7, 11) is -2.05. The van der Waals surface area contributed by atoms with E-state index in [1.165, 1.54) is 4.31 Å². The molecule has 0 amide bonds. The van der Waals surface area contributed by atoms with Crippen molar-refractivity contribution in [2.75, 3.05) is 26.8 Å². The molecule has 1 aliphatic rings. The van der Waals surface area contributed by atoms with Gasteiger partial charge >= 0.3 is 5.97 Å². The van der Waals surface area contributed by atoms with E-state index in [9.17, 15) is 13.2 Å². The van der Waals surface area contributed by atoms with Crippen molar-refractivity contribution >= 4 is 16.0 Å². The van der Waals surface area contributed by atoms with E-state index in [0.29, 0.717) is 18.6 Å². The highest BCUT2D eigenvalue weighted by atomic mass is 32.2. The maximum absolute atomic E-state index is 13.0. The van der Waals surface area contributed by atoms with Gasteiger partial charge in [-0.2, -0.15) is 4.31 Å². The molecule has 29 heavy (non-hydrogen) atoms. The molecule has 7 heteroatoms. The van der Waals surface area contributed by atoms with E-state index in [4.69, 9.17) is 9.47 Å². The number of piperidine rings is 1. The van der Waals surface area contributed by atoms with E-state index >= 15 is 0 Å². The first kappa shape index (κ1) is 21.3. The zero-order valence-electron chi connectivity index (χ0n) is 17.1. The van der Waals surface area contributed by atoms with Gasteiger partial charge in [-0.15, -0.1) is 0 Å². The van der Waals surface area contributed by atoms with Crippen LogP contribution in [-0.2, 0) is 25.0 Å². The molecule has 0 radical (unpaired) electrons. The third-order valence-corrected chi connectivity index (χ3v) is 7.44. The first-order chi connectivity index (χ1) is 13.8. The van der Waals surface area contributed by atoms with Crippen LogP contribution in [0.5, 0.6) is 5.75 Å². The summed E-state index contributed by atoms with van der Waals surface area (Å²) in [5.41, 5.74) is 0.815. The zero-order valence-corrected chi connectivity index (χ0v) is 17.9. The van der Waals surface area contributed by atoms with Crippen LogP contribution in [0.25, 0.3) is 0 Å². The number of carbonyl (C=O) groups excluding carboxylic acids is 1. The van der Waals surface area contributed by atoms with Crippen LogP contribution >= 0.6 is 0 Å². The van der Waals surface area contributed by atoms with Crippen LogP contribution in [0.1, 0.15) is 30.9 Å². The highest BCUT2D eigenvalue weighted by Crippen LogP contribution is 2.42. The molecule has 0 saturated carbocycles. The third kappa shape index (κ3) is 4.02. The Bertz CT molecular complexity index is 961. The van der Waals surface area contributed by atoms with Crippen molar-refractivity contribution in [2.24, 2.45) is 0 Å². The maximum atomic E-state index is 13.0. The van der Waals surface area contributed by atoms with E-state index in [2.05, 4.69) is 0 Å². The van der Waals surface area contributed by atoms with Crippen molar-refractivity contribution in [3.05, 3.63) is 59.7 Å². The quantitative estimate of drug-likeness (QED) is 0.675. The van der Waals surface area contributed by atoms with Crippen molar-refractivity contribution in [2.45, 2.75) is 37.0 Å². The minimum absolute atomic E-state index is 0.229. The average molecular weight is 418 g/mol. The van der Waals surface area contributed by atoms with E-state index in [1.807, 2.05) is 31.2 Å². The molecule has 0 N–H and O–H groups in total. The Morgan fingerprint density at radius 1 is 1.07 bits per heavy atom. The number of esters is 1. The number of hydrogen-bond donors (Lipinski definition) is 0. The molecular weight excluding hydrogens is 390 g/mol. The number of aryl methyl sites for hydroxylation is 1. The topological polar surface area (TPSA) is 72.9 Å². The Morgan fingerprint density at radius 2 is 1.69 bits per heavy atom. The lowest BCUT2D eigenvalue weighted by Gasteiger charge is -2.40. The van der Waals surface area contributed by atoms with Gasteiger partial charge in [0, 0.05) is 18.7 Å². The second-order valence-electron chi connectivity index (χ2n) is 7.22. The predicted molar refractivity (Wildman–Crippen MR) is 110 cm³/mol. The number of methoxy groups -OCH3 is 1. The summed E-state index contributed by atoms with van der Waals surface area (Å²) in [6, 6.07) is 14.2. The van der Waals surface area contributed by atoms with Gasteiger partial charge in [-0.1, -0.05) is 35.9 Å². The van der Waals surface area contributed by atoms with E-state index < -0.39 is 15.4 Å². The van der Waals surface area contributed by atoms with Crippen LogP contribution in [0.15, 0.2) is 53.4 Å². The molecule has 1 saturated heterocycles. The first-order valence-electron chi connectivity index (χ1n) is 9.72. The lowest BCUT2D eigenvalue weighted by atomic mass is 9.72. The van der Waals surface area contributed by atoms with E-state index in [0.717, 1.165) is 11.1 Å². The first-order valence-corrected chi connectivity index (χ1v) is 11.2. The van der Waals surface area contributed by atoms with Crippen molar-refractivity contribution in [3.8, 4) is 5.75 Å². The van der Waals surface area contributed by atoms with Crippen LogP contribution in [0.3, 0.4) is 0 Å². The van der Waals surface area contributed by atoms with E-state index in [-0.39, 0.29) is 30.6 Å². The summed E-state index contributed by atoms with van der Waals surface area (Å²) >= 11 is 0. The standard InChI is InChI=1S/C22H27NO5S/c1-4-28-21(24)22(19-7-5-6-8-20(19)27-3)13-15-23(16-14-22)29(25,26)18-11-9-17(2)10-12-18/h5-12H,4,13-16H2,1-3H3. The lowest BCUT2D eigenvalue weighted by Crippen LogP contribution is -2.49. The molecule has 1 fully saturated rings. The largest absolute Gasteiger partial charge is 0.496 e. The fourth-order valence-electron chi connectivity index (χ4n) is 3.86. The van der Waals surface area contributed by atoms with Crippen molar-refractivity contribution in [3.63, 3.8) is 0 Å². The molecule has 6 nitrogen and oxygen atoms in total. The Kier molecular flexibility index (Phi) is 6.29. The predicted octanol–water partition coefficient (Wildman–Crippen LogP) is 3.29. The second kappa shape index (κ2) is 8.55. The molecule has 0 unspecified atom stereocenters. The Morgan fingerprint density at radius 3 is 2.28 bits per heavy atom. The third-order valence-electron chi connectivity index (χ3n) is 5.52. The monoisotopic (exact) mass is 417 g/mol. The average Bonchev–Trinajstić information content (AvgIpc) is 2.74. The van der Waals surface area contributed by atoms with Gasteiger partial charge in [-0.3, -0.25) is 4.79 Å². The molecule has 3 rings (SSSR count). The number of rotatable bonds is 6. The second-order valence-corrected chi connectivity index (χ2v) is 9.16. The number of hydrogen-bond acceptors (Lipinski definition) is 5. The van der Waals surface area contributed by atoms with Gasteiger partial charge in [0.25, 0.3) is 0 Å². The molecular formula is C22H27NO5S. The summed E-state index contributed by atoms with van der Waals surface area (Å²) in [4.78, 5) is 13.3. The Hall–Kier alpha value is -2.38. The molecule has 2 aromatic carbocycles. The summed E-state index contributed by atoms with van der Waals surface area (Å²) in [5, 5.41) is 0. The number of benzene rings is 2. The van der Waals surface area contributed by atoms with Crippen LogP contribution in [0.2, 0.25) is 0 Å². The number of carbonyl (C=O) groups is 1. The van der Waals surface area contributed by atoms with Crippen LogP contribution in [0, 0.1) is 6.92 Å². The summed E-state index contributed by atoms with van der Waals surface area (Å²) in [6.07, 6.45) is 0.661. The highest BCUT2D eigenvalue weighted by molar-refractivity contribution is 7.89. The minimum Gasteiger partial charge on any atom is -0.496 e. The highest BCUT2D eigenvalue weighted by Gasteiger charge is 2.47. The van der Waals surface area contributed by atoms with Gasteiger partial charge in [0.2, 0.25) is 10.0 Å². The summed E-state index contributed by atoms with van der Waals surface area (Å²) < 4.78 is 38.4. The Labute approximate surface area is 172 Å². The van der Waals surface area contributed by atoms with Crippen molar-refractivity contribution < 1.29 is 22.7 Å². The molecule has 1 aliphatic heterocycles. The fourth-order valence-corrected chi connectivity index (χ4v) is 5.30. The molecule has 2 aromatic rings. The van der Waals surface area contributed by atoms with Crippen molar-refractivity contribution in [1.29, 1.82) is 0 Å². The fraction of sp³-hybridized carbons (Fsp3) is 0.409. The zero-order chi connectivity index (χ0) is 21.1. The van der Waals surface area contributed by atoms with Gasteiger partial charge in [-0.25, -0.2) is 8.42 Å². The number of para-hydroxylation sites is 1. The SMILES string of the molecule is CCOC(=O)C1(c2ccccc2OC)CCN(S(=O)(=O)c2ccc(C)cc2)CC1. The van der Waals surface area contributed by atoms with Gasteiger partial charge in [0.05, 0.1) is 24.0 Å². The lowest BCUT2D eigenvalue weighted by molar-refractivity contribution is -0.152. The van der Waals surface area contributed by atoms with Gasteiger partial charge in [-0.05, 0) is 44.9 Å². The van der Waals surface area contributed by atoms with Crippen LogP contribution < -0.4 is 4.74 Å². The normalized spacial score (nSPS) is 16.9. The molecule has 156 valence electrons. The smallest absolute Gasteiger partial charge is 0.316 e. The maximum Gasteiger partial charge on any atom is 0.316 e. The van der Waals surface area contributed by atoms with Gasteiger partial charge in [0.15, 0.2) is 0 Å². The molecule has 0 spiro atoms.